The summed E-state index contributed by atoms with van der Waals surface area (Å²) in [5, 5.41) is 12.5. The number of aromatic nitrogens is 2. The molecule has 0 unspecified atom stereocenters. The summed E-state index contributed by atoms with van der Waals surface area (Å²) < 4.78 is 11.8. The molecule has 1 aliphatic heterocycles. The lowest BCUT2D eigenvalue weighted by molar-refractivity contribution is -0.123. The average Bonchev–Trinajstić information content (AvgIpc) is 3.36. The topological polar surface area (TPSA) is 141 Å². The van der Waals surface area contributed by atoms with Gasteiger partial charge in [0.2, 0.25) is 18.6 Å². The van der Waals surface area contributed by atoms with Gasteiger partial charge in [-0.25, -0.2) is 4.68 Å². The summed E-state index contributed by atoms with van der Waals surface area (Å²) in [6.07, 6.45) is 0. The third-order valence-corrected chi connectivity index (χ3v) is 5.65. The van der Waals surface area contributed by atoms with E-state index in [1.165, 1.54) is 6.07 Å². The Morgan fingerprint density at radius 2 is 1.63 bits per heavy atom. The molecule has 1 aromatic heterocycles. The summed E-state index contributed by atoms with van der Waals surface area (Å²) in [7, 11) is 0. The molecule has 0 atom stereocenters. The van der Waals surface area contributed by atoms with Gasteiger partial charge in [-0.15, -0.1) is 0 Å². The molecule has 3 amide bonds. The van der Waals surface area contributed by atoms with Gasteiger partial charge in [-0.05, 0) is 48.5 Å². The number of nitrogens with zero attached hydrogens (tertiary/aromatic N) is 2. The molecular weight excluding hydrogens is 490 g/mol. The number of fused-ring (bicyclic) bond motifs is 1. The molecule has 3 N–H and O–H groups in total. The van der Waals surface area contributed by atoms with Crippen LogP contribution in [0.15, 0.2) is 59.4 Å². The van der Waals surface area contributed by atoms with Crippen LogP contribution in [0.4, 0.5) is 5.69 Å². The van der Waals surface area contributed by atoms with Crippen molar-refractivity contribution in [1.82, 2.24) is 20.4 Å². The van der Waals surface area contributed by atoms with Crippen LogP contribution in [-0.4, -0.2) is 47.4 Å². The van der Waals surface area contributed by atoms with Crippen LogP contribution in [0.25, 0.3) is 11.3 Å². The SMILES string of the molecule is CC(C)(C)C(=O)Nc1ccc(C(=O)NCCNC(=O)Cn2nc(-c3ccc4c(c3)OCO4)ccc2=O)cc1. The Morgan fingerprint density at radius 1 is 0.921 bits per heavy atom. The lowest BCUT2D eigenvalue weighted by atomic mass is 9.95. The number of hydrogen-bond donors (Lipinski definition) is 3. The van der Waals surface area contributed by atoms with Gasteiger partial charge in [0.25, 0.3) is 11.5 Å². The molecule has 3 aromatic rings. The molecule has 0 bridgehead atoms. The summed E-state index contributed by atoms with van der Waals surface area (Å²) >= 11 is 0. The molecule has 0 saturated heterocycles. The fourth-order valence-electron chi connectivity index (χ4n) is 3.47. The maximum absolute atomic E-state index is 12.4. The Hall–Kier alpha value is -4.67. The zero-order valence-electron chi connectivity index (χ0n) is 21.4. The first-order valence-electron chi connectivity index (χ1n) is 12.0. The van der Waals surface area contributed by atoms with E-state index < -0.39 is 16.9 Å². The second kappa shape index (κ2) is 11.2. The number of benzene rings is 2. The molecule has 2 heterocycles. The quantitative estimate of drug-likeness (QED) is 0.388. The van der Waals surface area contributed by atoms with Crippen LogP contribution in [-0.2, 0) is 16.1 Å². The Kier molecular flexibility index (Phi) is 7.75. The zero-order valence-corrected chi connectivity index (χ0v) is 21.4. The van der Waals surface area contributed by atoms with Crippen molar-refractivity contribution in [1.29, 1.82) is 0 Å². The smallest absolute Gasteiger partial charge is 0.267 e. The van der Waals surface area contributed by atoms with Gasteiger partial charge in [-0.1, -0.05) is 20.8 Å². The highest BCUT2D eigenvalue weighted by Crippen LogP contribution is 2.35. The average molecular weight is 520 g/mol. The highest BCUT2D eigenvalue weighted by atomic mass is 16.7. The number of carbonyl (C=O) groups is 3. The van der Waals surface area contributed by atoms with Crippen LogP contribution in [0.5, 0.6) is 11.5 Å². The van der Waals surface area contributed by atoms with E-state index in [1.807, 2.05) is 20.8 Å². The molecule has 0 aliphatic carbocycles. The van der Waals surface area contributed by atoms with Crippen molar-refractivity contribution in [3.63, 3.8) is 0 Å². The van der Waals surface area contributed by atoms with E-state index in [0.717, 1.165) is 10.2 Å². The summed E-state index contributed by atoms with van der Waals surface area (Å²) in [4.78, 5) is 49.1. The van der Waals surface area contributed by atoms with Gasteiger partial charge >= 0.3 is 0 Å². The van der Waals surface area contributed by atoms with Gasteiger partial charge in [0, 0.05) is 41.4 Å². The van der Waals surface area contributed by atoms with Gasteiger partial charge in [0.15, 0.2) is 11.5 Å². The summed E-state index contributed by atoms with van der Waals surface area (Å²) in [5.41, 5.74) is 1.30. The molecule has 198 valence electrons. The molecule has 11 nitrogen and oxygen atoms in total. The van der Waals surface area contributed by atoms with Crippen LogP contribution >= 0.6 is 0 Å². The monoisotopic (exact) mass is 519 g/mol. The molecular formula is C27H29N5O6. The molecule has 38 heavy (non-hydrogen) atoms. The first-order valence-corrected chi connectivity index (χ1v) is 12.0. The molecule has 0 spiro atoms. The van der Waals surface area contributed by atoms with Crippen molar-refractivity contribution in [2.24, 2.45) is 5.41 Å². The van der Waals surface area contributed by atoms with Gasteiger partial charge in [0.1, 0.15) is 6.54 Å². The number of ether oxygens (including phenoxy) is 2. The van der Waals surface area contributed by atoms with Gasteiger partial charge in [-0.2, -0.15) is 5.10 Å². The van der Waals surface area contributed by atoms with Crippen molar-refractivity contribution in [3.8, 4) is 22.8 Å². The minimum atomic E-state index is -0.528. The number of rotatable bonds is 8. The van der Waals surface area contributed by atoms with Gasteiger partial charge < -0.3 is 25.4 Å². The maximum atomic E-state index is 12.4. The first kappa shape index (κ1) is 26.4. The largest absolute Gasteiger partial charge is 0.454 e. The van der Waals surface area contributed by atoms with Crippen LogP contribution in [0.2, 0.25) is 0 Å². The van der Waals surface area contributed by atoms with E-state index >= 15 is 0 Å². The third kappa shape index (κ3) is 6.55. The maximum Gasteiger partial charge on any atom is 0.267 e. The number of anilines is 1. The highest BCUT2D eigenvalue weighted by molar-refractivity contribution is 5.97. The lowest BCUT2D eigenvalue weighted by Crippen LogP contribution is -2.38. The minimum Gasteiger partial charge on any atom is -0.454 e. The van der Waals surface area contributed by atoms with Gasteiger partial charge in [0.05, 0.1) is 5.69 Å². The van der Waals surface area contributed by atoms with E-state index in [2.05, 4.69) is 21.0 Å². The molecule has 0 fully saturated rings. The van der Waals surface area contributed by atoms with E-state index in [9.17, 15) is 19.2 Å². The molecule has 4 rings (SSSR count). The second-order valence-corrected chi connectivity index (χ2v) is 9.67. The van der Waals surface area contributed by atoms with Gasteiger partial charge in [-0.3, -0.25) is 19.2 Å². The predicted octanol–water partition coefficient (Wildman–Crippen LogP) is 2.17. The van der Waals surface area contributed by atoms with Crippen LogP contribution < -0.4 is 31.0 Å². The van der Waals surface area contributed by atoms with Crippen LogP contribution in [0.3, 0.4) is 0 Å². The standard InChI is InChI=1S/C27H29N5O6/c1-27(2,3)26(36)30-19-7-4-17(5-8-19)25(35)29-13-12-28-23(33)15-32-24(34)11-9-20(31-32)18-6-10-21-22(14-18)38-16-37-21/h4-11,14H,12-13,15-16H2,1-3H3,(H,28,33)(H,29,35)(H,30,36). The summed E-state index contributed by atoms with van der Waals surface area (Å²) in [6.45, 7) is 5.68. The zero-order chi connectivity index (χ0) is 27.3. The predicted molar refractivity (Wildman–Crippen MR) is 140 cm³/mol. The van der Waals surface area contributed by atoms with Crippen LogP contribution in [0, 0.1) is 5.41 Å². The summed E-state index contributed by atoms with van der Waals surface area (Å²) in [5.74, 6) is 0.362. The molecule has 2 aromatic carbocycles. The minimum absolute atomic E-state index is 0.123. The fourth-order valence-corrected chi connectivity index (χ4v) is 3.47. The fraction of sp³-hybridized carbons (Fsp3) is 0.296. The van der Waals surface area contributed by atoms with E-state index in [0.29, 0.717) is 28.4 Å². The van der Waals surface area contributed by atoms with Crippen molar-refractivity contribution in [2.45, 2.75) is 27.3 Å². The molecule has 0 saturated carbocycles. The van der Waals surface area contributed by atoms with Crippen molar-refractivity contribution in [2.75, 3.05) is 25.2 Å². The second-order valence-electron chi connectivity index (χ2n) is 9.67. The Bertz CT molecular complexity index is 1410. The number of nitrogens with one attached hydrogen (secondary N) is 3. The van der Waals surface area contributed by atoms with E-state index in [1.54, 1.807) is 48.5 Å². The third-order valence-electron chi connectivity index (χ3n) is 5.65. The van der Waals surface area contributed by atoms with E-state index in [-0.39, 0.29) is 38.2 Å². The summed E-state index contributed by atoms with van der Waals surface area (Å²) in [6, 6.07) is 14.8. The molecule has 1 aliphatic rings. The van der Waals surface area contributed by atoms with Crippen molar-refractivity contribution >= 4 is 23.4 Å². The van der Waals surface area contributed by atoms with Crippen LogP contribution in [0.1, 0.15) is 31.1 Å². The number of amides is 3. The first-order chi connectivity index (χ1) is 18.1. The highest BCUT2D eigenvalue weighted by Gasteiger charge is 2.21. The van der Waals surface area contributed by atoms with E-state index in [4.69, 9.17) is 9.47 Å². The van der Waals surface area contributed by atoms with Crippen molar-refractivity contribution in [3.05, 3.63) is 70.5 Å². The molecule has 11 heteroatoms. The lowest BCUT2D eigenvalue weighted by Gasteiger charge is -2.17. The number of carbonyl (C=O) groups excluding carboxylic acids is 3. The normalized spacial score (nSPS) is 12.1. The Morgan fingerprint density at radius 3 is 2.37 bits per heavy atom. The Balaban J connectivity index is 1.25. The molecule has 0 radical (unpaired) electrons. The van der Waals surface area contributed by atoms with Crippen molar-refractivity contribution < 1.29 is 23.9 Å². The Labute approximate surface area is 219 Å². The number of hydrogen-bond acceptors (Lipinski definition) is 7.